The molecule has 1 aliphatic heterocycles. The van der Waals surface area contributed by atoms with E-state index >= 15 is 0 Å². The fourth-order valence-electron chi connectivity index (χ4n) is 2.30. The molecule has 0 unspecified atom stereocenters. The lowest BCUT2D eigenvalue weighted by molar-refractivity contribution is 0.0985. The highest BCUT2D eigenvalue weighted by molar-refractivity contribution is 6.09. The molecule has 2 aromatic rings. The second-order valence-corrected chi connectivity index (χ2v) is 5.20. The number of carbonyl (C=O) groups is 1. The molecule has 0 saturated carbocycles. The summed E-state index contributed by atoms with van der Waals surface area (Å²) in [6, 6.07) is 9.12. The molecule has 0 aliphatic carbocycles. The zero-order chi connectivity index (χ0) is 14.8. The van der Waals surface area contributed by atoms with Crippen molar-refractivity contribution in [2.24, 2.45) is 0 Å². The van der Waals surface area contributed by atoms with Gasteiger partial charge in [0.05, 0.1) is 17.4 Å². The highest BCUT2D eigenvalue weighted by Crippen LogP contribution is 2.37. The Morgan fingerprint density at radius 2 is 2.00 bits per heavy atom. The maximum atomic E-state index is 12.8. The molecule has 0 N–H and O–H groups in total. The molecule has 5 nitrogen and oxygen atoms in total. The van der Waals surface area contributed by atoms with E-state index in [9.17, 15) is 4.79 Å². The Morgan fingerprint density at radius 1 is 1.19 bits per heavy atom. The van der Waals surface area contributed by atoms with Crippen LogP contribution in [0.3, 0.4) is 0 Å². The van der Waals surface area contributed by atoms with E-state index in [0.29, 0.717) is 23.6 Å². The van der Waals surface area contributed by atoms with Crippen LogP contribution in [0.2, 0.25) is 0 Å². The number of fused-ring (bicyclic) bond motifs is 2. The van der Waals surface area contributed by atoms with Gasteiger partial charge in [-0.1, -0.05) is 12.1 Å². The standard InChI is InChI=1S/C16H17N3O2/c1-18(2)9-10-19-13-7-8-17-11-15(13)21-14-6-4-3-5-12(14)16(19)20/h3-8,11H,9-10H2,1-2H3. The van der Waals surface area contributed by atoms with E-state index in [0.717, 1.165) is 12.2 Å². The summed E-state index contributed by atoms with van der Waals surface area (Å²) in [7, 11) is 3.97. The summed E-state index contributed by atoms with van der Waals surface area (Å²) in [6.45, 7) is 1.37. The van der Waals surface area contributed by atoms with Crippen LogP contribution in [0.5, 0.6) is 11.5 Å². The van der Waals surface area contributed by atoms with E-state index in [-0.39, 0.29) is 5.91 Å². The van der Waals surface area contributed by atoms with Crippen molar-refractivity contribution in [2.45, 2.75) is 0 Å². The number of para-hydroxylation sites is 1. The monoisotopic (exact) mass is 283 g/mol. The van der Waals surface area contributed by atoms with Crippen LogP contribution < -0.4 is 9.64 Å². The lowest BCUT2D eigenvalue weighted by Gasteiger charge is -2.23. The minimum absolute atomic E-state index is 0.0441. The van der Waals surface area contributed by atoms with Crippen molar-refractivity contribution in [3.05, 3.63) is 48.3 Å². The van der Waals surface area contributed by atoms with Crippen molar-refractivity contribution in [3.63, 3.8) is 0 Å². The van der Waals surface area contributed by atoms with Gasteiger partial charge in [-0.15, -0.1) is 0 Å². The Morgan fingerprint density at radius 3 is 2.81 bits per heavy atom. The Labute approximate surface area is 123 Å². The summed E-state index contributed by atoms with van der Waals surface area (Å²) in [4.78, 5) is 20.7. The number of likely N-dealkylation sites (N-methyl/N-ethyl adjacent to an activating group) is 1. The van der Waals surface area contributed by atoms with E-state index < -0.39 is 0 Å². The maximum Gasteiger partial charge on any atom is 0.262 e. The molecule has 3 rings (SSSR count). The van der Waals surface area contributed by atoms with E-state index in [1.807, 2.05) is 37.2 Å². The first-order valence-corrected chi connectivity index (χ1v) is 6.84. The second-order valence-electron chi connectivity index (χ2n) is 5.20. The predicted molar refractivity (Wildman–Crippen MR) is 81.0 cm³/mol. The highest BCUT2D eigenvalue weighted by Gasteiger charge is 2.27. The molecule has 1 aromatic carbocycles. The van der Waals surface area contributed by atoms with E-state index in [1.165, 1.54) is 0 Å². The summed E-state index contributed by atoms with van der Waals surface area (Å²) in [6.07, 6.45) is 3.32. The summed E-state index contributed by atoms with van der Waals surface area (Å²) in [5.74, 6) is 1.14. The fourth-order valence-corrected chi connectivity index (χ4v) is 2.30. The molecule has 0 radical (unpaired) electrons. The molecule has 0 fully saturated rings. The summed E-state index contributed by atoms with van der Waals surface area (Å²) in [5.41, 5.74) is 1.33. The molecule has 21 heavy (non-hydrogen) atoms. The molecule has 1 aliphatic rings. The van der Waals surface area contributed by atoms with Crippen molar-refractivity contribution >= 4 is 11.6 Å². The number of hydrogen-bond acceptors (Lipinski definition) is 4. The first-order chi connectivity index (χ1) is 10.2. The van der Waals surface area contributed by atoms with Gasteiger partial charge in [-0.25, -0.2) is 0 Å². The van der Waals surface area contributed by atoms with Gasteiger partial charge in [0.2, 0.25) is 0 Å². The number of carbonyl (C=O) groups excluding carboxylic acids is 1. The normalized spacial score (nSPS) is 13.5. The topological polar surface area (TPSA) is 45.7 Å². The van der Waals surface area contributed by atoms with Crippen molar-refractivity contribution in [2.75, 3.05) is 32.1 Å². The van der Waals surface area contributed by atoms with Crippen LogP contribution in [0, 0.1) is 0 Å². The average Bonchev–Trinajstić information content (AvgIpc) is 2.60. The van der Waals surface area contributed by atoms with Gasteiger partial charge in [0.1, 0.15) is 5.75 Å². The first-order valence-electron chi connectivity index (χ1n) is 6.84. The van der Waals surface area contributed by atoms with Crippen molar-refractivity contribution in [3.8, 4) is 11.5 Å². The fraction of sp³-hybridized carbons (Fsp3) is 0.250. The Balaban J connectivity index is 2.07. The third-order valence-corrected chi connectivity index (χ3v) is 3.41. The number of amides is 1. The first kappa shape index (κ1) is 13.6. The molecule has 1 aromatic heterocycles. The van der Waals surface area contributed by atoms with Gasteiger partial charge < -0.3 is 14.5 Å². The van der Waals surface area contributed by atoms with Crippen LogP contribution in [0.4, 0.5) is 5.69 Å². The summed E-state index contributed by atoms with van der Waals surface area (Å²) in [5, 5.41) is 0. The van der Waals surface area contributed by atoms with Crippen LogP contribution in [0.25, 0.3) is 0 Å². The number of anilines is 1. The summed E-state index contributed by atoms with van der Waals surface area (Å²) >= 11 is 0. The molecule has 0 saturated heterocycles. The van der Waals surface area contributed by atoms with Crippen LogP contribution >= 0.6 is 0 Å². The van der Waals surface area contributed by atoms with Gasteiger partial charge >= 0.3 is 0 Å². The zero-order valence-corrected chi connectivity index (χ0v) is 12.1. The molecule has 0 atom stereocenters. The molecule has 2 heterocycles. The number of nitrogens with zero attached hydrogens (tertiary/aromatic N) is 3. The number of ether oxygens (including phenoxy) is 1. The maximum absolute atomic E-state index is 12.8. The molecule has 0 spiro atoms. The van der Waals surface area contributed by atoms with Gasteiger partial charge in [0.15, 0.2) is 5.75 Å². The second kappa shape index (κ2) is 5.54. The van der Waals surface area contributed by atoms with Crippen molar-refractivity contribution < 1.29 is 9.53 Å². The minimum Gasteiger partial charge on any atom is -0.453 e. The van der Waals surface area contributed by atoms with Crippen molar-refractivity contribution in [1.82, 2.24) is 9.88 Å². The van der Waals surface area contributed by atoms with Gasteiger partial charge in [0, 0.05) is 19.3 Å². The Bertz CT molecular complexity index is 670. The van der Waals surface area contributed by atoms with E-state index in [2.05, 4.69) is 4.98 Å². The van der Waals surface area contributed by atoms with Crippen LogP contribution in [0.1, 0.15) is 10.4 Å². The molecule has 0 bridgehead atoms. The van der Waals surface area contributed by atoms with Gasteiger partial charge in [-0.2, -0.15) is 0 Å². The third kappa shape index (κ3) is 2.60. The molecule has 1 amide bonds. The number of aromatic nitrogens is 1. The lowest BCUT2D eigenvalue weighted by atomic mass is 10.1. The van der Waals surface area contributed by atoms with Gasteiger partial charge in [-0.05, 0) is 32.3 Å². The van der Waals surface area contributed by atoms with Crippen LogP contribution in [0.15, 0.2) is 42.7 Å². The van der Waals surface area contributed by atoms with E-state index in [4.69, 9.17) is 4.74 Å². The van der Waals surface area contributed by atoms with Gasteiger partial charge in [-0.3, -0.25) is 9.78 Å². The zero-order valence-electron chi connectivity index (χ0n) is 12.1. The molecular formula is C16H17N3O2. The number of rotatable bonds is 3. The highest BCUT2D eigenvalue weighted by atomic mass is 16.5. The lowest BCUT2D eigenvalue weighted by Crippen LogP contribution is -2.36. The SMILES string of the molecule is CN(C)CCN1C(=O)c2ccccc2Oc2cnccc21. The summed E-state index contributed by atoms with van der Waals surface area (Å²) < 4.78 is 5.87. The van der Waals surface area contributed by atoms with E-state index in [1.54, 1.807) is 29.4 Å². The number of pyridine rings is 1. The smallest absolute Gasteiger partial charge is 0.262 e. The molecular weight excluding hydrogens is 266 g/mol. The van der Waals surface area contributed by atoms with Crippen molar-refractivity contribution in [1.29, 1.82) is 0 Å². The molecule has 108 valence electrons. The Hall–Kier alpha value is -2.40. The molecule has 5 heteroatoms. The predicted octanol–water partition coefficient (Wildman–Crippen LogP) is 2.40. The van der Waals surface area contributed by atoms with Gasteiger partial charge in [0.25, 0.3) is 5.91 Å². The largest absolute Gasteiger partial charge is 0.453 e. The quantitative estimate of drug-likeness (QED) is 0.867. The van der Waals surface area contributed by atoms with Crippen LogP contribution in [-0.4, -0.2) is 43.0 Å². The number of benzene rings is 1. The Kier molecular flexibility index (Phi) is 3.58. The average molecular weight is 283 g/mol. The van der Waals surface area contributed by atoms with Crippen LogP contribution in [-0.2, 0) is 0 Å². The third-order valence-electron chi connectivity index (χ3n) is 3.41. The minimum atomic E-state index is -0.0441. The number of hydrogen-bond donors (Lipinski definition) is 0.